The van der Waals surface area contributed by atoms with Crippen LogP contribution >= 0.6 is 7.60 Å². The summed E-state index contributed by atoms with van der Waals surface area (Å²) in [6, 6.07) is 7.17. The number of aryl methyl sites for hydroxylation is 1. The van der Waals surface area contributed by atoms with E-state index in [-0.39, 0.29) is 23.2 Å². The number of hydrogen-bond acceptors (Lipinski definition) is 5. The summed E-state index contributed by atoms with van der Waals surface area (Å²) in [6.07, 6.45) is 0.756. The van der Waals surface area contributed by atoms with Crippen LogP contribution in [0.3, 0.4) is 0 Å². The molecule has 17 heteroatoms. The highest BCUT2D eigenvalue weighted by Crippen LogP contribution is 2.59. The molecule has 0 aliphatic heterocycles. The van der Waals surface area contributed by atoms with Gasteiger partial charge in [-0.1, -0.05) is 48.5 Å². The highest BCUT2D eigenvalue weighted by molar-refractivity contribution is 7.52. The van der Waals surface area contributed by atoms with Gasteiger partial charge in [0.05, 0.1) is 0 Å². The Morgan fingerprint density at radius 2 is 1.32 bits per heavy atom. The summed E-state index contributed by atoms with van der Waals surface area (Å²) in [6.45, 7) is 0. The quantitative estimate of drug-likeness (QED) is 0.120. The van der Waals surface area contributed by atoms with Gasteiger partial charge in [-0.15, -0.1) is 0 Å². The molecule has 44 heavy (non-hydrogen) atoms. The molecular weight excluding hydrogens is 617 g/mol. The summed E-state index contributed by atoms with van der Waals surface area (Å²) in [5.41, 5.74) is -5.91. The fourth-order valence-corrected chi connectivity index (χ4v) is 4.55. The minimum absolute atomic E-state index is 0.0994. The van der Waals surface area contributed by atoms with Crippen LogP contribution in [0.15, 0.2) is 66.9 Å². The van der Waals surface area contributed by atoms with Crippen LogP contribution in [0.2, 0.25) is 0 Å². The second kappa shape index (κ2) is 13.0. The highest BCUT2D eigenvalue weighted by atomic mass is 31.2. The summed E-state index contributed by atoms with van der Waals surface area (Å²) in [5, 5.41) is 23.2. The topological polar surface area (TPSA) is 195 Å². The van der Waals surface area contributed by atoms with Gasteiger partial charge in [-0.05, 0) is 23.3 Å². The molecular formula is C27H26F4N3O9P. The number of nitrogens with zero attached hydrogens (tertiary/aromatic N) is 1. The molecule has 0 aliphatic rings. The molecule has 0 spiro atoms. The van der Waals surface area contributed by atoms with Crippen molar-refractivity contribution in [1.82, 2.24) is 15.2 Å². The molecule has 0 aliphatic carbocycles. The van der Waals surface area contributed by atoms with Gasteiger partial charge >= 0.3 is 31.1 Å². The van der Waals surface area contributed by atoms with E-state index >= 15 is 0 Å². The molecule has 0 radical (unpaired) electrons. The van der Waals surface area contributed by atoms with E-state index in [0.29, 0.717) is 12.1 Å². The van der Waals surface area contributed by atoms with E-state index in [1.807, 2.05) is 0 Å². The number of halogens is 4. The maximum atomic E-state index is 14.0. The molecule has 0 fully saturated rings. The molecule has 0 saturated heterocycles. The molecule has 1 aromatic heterocycles. The number of rotatable bonds is 13. The Bertz CT molecular complexity index is 1590. The fraction of sp³-hybridized carbons (Fsp3) is 0.259. The van der Waals surface area contributed by atoms with Crippen LogP contribution in [0.25, 0.3) is 0 Å². The fourth-order valence-electron chi connectivity index (χ4n) is 4.07. The third-order valence-corrected chi connectivity index (χ3v) is 7.53. The number of carbonyl (C=O) groups is 4. The Labute approximate surface area is 246 Å². The monoisotopic (exact) mass is 643 g/mol. The summed E-state index contributed by atoms with van der Waals surface area (Å²) < 4.78 is 68.2. The first-order chi connectivity index (χ1) is 20.3. The van der Waals surface area contributed by atoms with E-state index in [4.69, 9.17) is 14.9 Å². The van der Waals surface area contributed by atoms with Gasteiger partial charge in [-0.3, -0.25) is 14.2 Å². The zero-order valence-corrected chi connectivity index (χ0v) is 23.6. The van der Waals surface area contributed by atoms with E-state index in [9.17, 15) is 46.4 Å². The molecule has 2 aromatic carbocycles. The normalized spacial score (nSPS) is 13.5. The van der Waals surface area contributed by atoms with E-state index in [1.54, 1.807) is 19.3 Å². The lowest BCUT2D eigenvalue weighted by molar-refractivity contribution is -0.166. The van der Waals surface area contributed by atoms with Gasteiger partial charge in [-0.25, -0.2) is 9.59 Å². The zero-order chi connectivity index (χ0) is 33.0. The van der Waals surface area contributed by atoms with Crippen molar-refractivity contribution in [1.29, 1.82) is 0 Å². The molecule has 0 bridgehead atoms. The Kier molecular flexibility index (Phi) is 10.0. The first kappa shape index (κ1) is 34.0. The van der Waals surface area contributed by atoms with Crippen LogP contribution in [-0.2, 0) is 50.4 Å². The van der Waals surface area contributed by atoms with Crippen molar-refractivity contribution in [2.75, 3.05) is 0 Å². The Balaban J connectivity index is 1.84. The standard InChI is InChI=1S/C27H26F4N3O9P/c1-34-12-2-3-21(34)23(36)32-19(13-15-4-8-17(9-5-15)26(28,29)25(39)40)22(35)33-20(24(37)38)14-16-6-10-18(11-7-16)27(30,31)44(41,42)43/h2-12,19-20H,13-14H2,1H3,(H,32,36)(H,33,35)(H,37,38)(H,39,40)(H2,41,42,43). The smallest absolute Gasteiger partial charge is 0.399 e. The maximum Gasteiger partial charge on any atom is 0.399 e. The number of amides is 2. The number of nitrogens with one attached hydrogen (secondary N) is 2. The van der Waals surface area contributed by atoms with Crippen molar-refractivity contribution in [3.8, 4) is 0 Å². The third-order valence-electron chi connectivity index (χ3n) is 6.54. The molecule has 2 amide bonds. The largest absolute Gasteiger partial charge is 0.480 e. The highest BCUT2D eigenvalue weighted by Gasteiger charge is 2.50. The van der Waals surface area contributed by atoms with Gasteiger partial charge < -0.3 is 35.2 Å². The molecule has 6 N–H and O–H groups in total. The first-order valence-corrected chi connectivity index (χ1v) is 14.1. The van der Waals surface area contributed by atoms with Crippen molar-refractivity contribution >= 4 is 31.3 Å². The van der Waals surface area contributed by atoms with Crippen LogP contribution in [0, 0.1) is 0 Å². The number of aromatic nitrogens is 1. The number of aliphatic carboxylic acids is 2. The van der Waals surface area contributed by atoms with E-state index in [2.05, 4.69) is 10.6 Å². The minimum atomic E-state index is -5.84. The molecule has 3 rings (SSSR count). The second-order valence-corrected chi connectivity index (χ2v) is 11.3. The van der Waals surface area contributed by atoms with Crippen LogP contribution < -0.4 is 10.6 Å². The number of alkyl halides is 4. The van der Waals surface area contributed by atoms with Crippen LogP contribution in [0.4, 0.5) is 17.6 Å². The maximum absolute atomic E-state index is 14.0. The van der Waals surface area contributed by atoms with Gasteiger partial charge in [0, 0.05) is 37.2 Å². The summed E-state index contributed by atoms with van der Waals surface area (Å²) >= 11 is 0. The Morgan fingerprint density at radius 3 is 1.75 bits per heavy atom. The minimum Gasteiger partial charge on any atom is -0.480 e. The first-order valence-electron chi connectivity index (χ1n) is 12.5. The zero-order valence-electron chi connectivity index (χ0n) is 22.7. The Morgan fingerprint density at radius 1 is 0.818 bits per heavy atom. The predicted molar refractivity (Wildman–Crippen MR) is 144 cm³/mol. The molecule has 236 valence electrons. The van der Waals surface area contributed by atoms with Gasteiger partial charge in [0.25, 0.3) is 5.91 Å². The van der Waals surface area contributed by atoms with Gasteiger partial charge in [-0.2, -0.15) is 17.6 Å². The number of carboxylic acids is 2. The SMILES string of the molecule is Cn1cccc1C(=O)NC(Cc1ccc(C(F)(F)C(=O)O)cc1)C(=O)NC(Cc1ccc(C(F)(F)P(=O)(O)O)cc1)C(=O)O. The van der Waals surface area contributed by atoms with Crippen molar-refractivity contribution in [2.45, 2.75) is 36.5 Å². The predicted octanol–water partition coefficient (Wildman–Crippen LogP) is 2.58. The molecule has 1 heterocycles. The molecule has 2 unspecified atom stereocenters. The molecule has 2 atom stereocenters. The summed E-state index contributed by atoms with van der Waals surface area (Å²) in [4.78, 5) is 66.8. The van der Waals surface area contributed by atoms with Crippen molar-refractivity contribution < 1.29 is 61.3 Å². The average molecular weight is 643 g/mol. The Hall–Kier alpha value is -4.53. The lowest BCUT2D eigenvalue weighted by Crippen LogP contribution is -2.53. The van der Waals surface area contributed by atoms with Gasteiger partial charge in [0.2, 0.25) is 5.91 Å². The van der Waals surface area contributed by atoms with Crippen LogP contribution in [0.5, 0.6) is 0 Å². The summed E-state index contributed by atoms with van der Waals surface area (Å²) in [7, 11) is -4.29. The average Bonchev–Trinajstić information content (AvgIpc) is 3.38. The number of hydrogen-bond donors (Lipinski definition) is 6. The summed E-state index contributed by atoms with van der Waals surface area (Å²) in [5.74, 6) is -9.85. The van der Waals surface area contributed by atoms with E-state index in [0.717, 1.165) is 36.4 Å². The third kappa shape index (κ3) is 7.70. The molecule has 12 nitrogen and oxygen atoms in total. The van der Waals surface area contributed by atoms with E-state index in [1.165, 1.54) is 10.6 Å². The van der Waals surface area contributed by atoms with Crippen LogP contribution in [0.1, 0.15) is 32.7 Å². The van der Waals surface area contributed by atoms with Crippen molar-refractivity contribution in [3.63, 3.8) is 0 Å². The number of carboxylic acid groups (broad SMARTS) is 2. The number of benzene rings is 2. The lowest BCUT2D eigenvalue weighted by atomic mass is 10.00. The molecule has 3 aromatic rings. The number of carbonyl (C=O) groups excluding carboxylic acids is 2. The van der Waals surface area contributed by atoms with Crippen molar-refractivity contribution in [3.05, 3.63) is 94.8 Å². The lowest BCUT2D eigenvalue weighted by Gasteiger charge is -2.22. The van der Waals surface area contributed by atoms with E-state index < -0.39 is 72.6 Å². The van der Waals surface area contributed by atoms with Crippen molar-refractivity contribution in [2.24, 2.45) is 7.05 Å². The van der Waals surface area contributed by atoms with Crippen LogP contribution in [-0.4, -0.2) is 60.4 Å². The second-order valence-electron chi connectivity index (χ2n) is 9.70. The molecule has 0 saturated carbocycles. The van der Waals surface area contributed by atoms with Gasteiger partial charge in [0.1, 0.15) is 17.8 Å². The van der Waals surface area contributed by atoms with Gasteiger partial charge in [0.15, 0.2) is 0 Å².